The molecule has 0 atom stereocenters. The zero-order valence-corrected chi connectivity index (χ0v) is 9.88. The first-order valence-electron chi connectivity index (χ1n) is 5.68. The van der Waals surface area contributed by atoms with Gasteiger partial charge in [0.15, 0.2) is 0 Å². The van der Waals surface area contributed by atoms with Crippen molar-refractivity contribution in [3.05, 3.63) is 11.4 Å². The highest BCUT2D eigenvalue weighted by molar-refractivity contribution is 5.13. The van der Waals surface area contributed by atoms with Gasteiger partial charge in [0.25, 0.3) is 0 Å². The van der Waals surface area contributed by atoms with Gasteiger partial charge in [-0.2, -0.15) is 0 Å². The summed E-state index contributed by atoms with van der Waals surface area (Å²) in [6.45, 7) is 9.71. The van der Waals surface area contributed by atoms with E-state index >= 15 is 0 Å². The molecule has 15 heavy (non-hydrogen) atoms. The van der Waals surface area contributed by atoms with E-state index in [0.29, 0.717) is 5.41 Å². The number of nitrogens with zero attached hydrogens (tertiary/aromatic N) is 3. The Morgan fingerprint density at radius 3 is 2.93 bits per heavy atom. The van der Waals surface area contributed by atoms with Crippen molar-refractivity contribution in [2.45, 2.75) is 46.7 Å². The number of aromatic nitrogens is 3. The van der Waals surface area contributed by atoms with E-state index in [2.05, 4.69) is 41.1 Å². The normalized spacial score (nSPS) is 16.5. The second kappa shape index (κ2) is 3.93. The van der Waals surface area contributed by atoms with Crippen LogP contribution in [0.1, 0.15) is 38.6 Å². The van der Waals surface area contributed by atoms with E-state index in [-0.39, 0.29) is 0 Å². The van der Waals surface area contributed by atoms with Crippen LogP contribution in [-0.4, -0.2) is 21.5 Å². The summed E-state index contributed by atoms with van der Waals surface area (Å²) < 4.78 is 2.08. The number of nitrogens with one attached hydrogen (secondary N) is 1. The van der Waals surface area contributed by atoms with E-state index in [9.17, 15) is 0 Å². The van der Waals surface area contributed by atoms with Crippen LogP contribution in [0.3, 0.4) is 0 Å². The summed E-state index contributed by atoms with van der Waals surface area (Å²) in [5.74, 6) is 0. The number of hydrogen-bond acceptors (Lipinski definition) is 3. The summed E-state index contributed by atoms with van der Waals surface area (Å²) in [5.41, 5.74) is 2.83. The Bertz CT molecular complexity index is 335. The molecular formula is C11H20N4. The van der Waals surface area contributed by atoms with Crippen molar-refractivity contribution in [1.82, 2.24) is 20.3 Å². The van der Waals surface area contributed by atoms with E-state index in [1.807, 2.05) is 0 Å². The first-order valence-corrected chi connectivity index (χ1v) is 5.68. The Kier molecular flexibility index (Phi) is 2.78. The third kappa shape index (κ3) is 2.56. The largest absolute Gasteiger partial charge is 0.311 e. The van der Waals surface area contributed by atoms with Crippen molar-refractivity contribution in [2.75, 3.05) is 6.54 Å². The second-order valence-corrected chi connectivity index (χ2v) is 5.44. The molecule has 4 heteroatoms. The van der Waals surface area contributed by atoms with Crippen molar-refractivity contribution < 1.29 is 0 Å². The van der Waals surface area contributed by atoms with Crippen molar-refractivity contribution in [3.63, 3.8) is 0 Å². The SMILES string of the molecule is CC(C)(C)CCn1nnc2c1CCNC2. The Morgan fingerprint density at radius 1 is 1.40 bits per heavy atom. The molecule has 4 nitrogen and oxygen atoms in total. The fraction of sp³-hybridized carbons (Fsp3) is 0.818. The highest BCUT2D eigenvalue weighted by Crippen LogP contribution is 2.20. The van der Waals surface area contributed by atoms with E-state index in [0.717, 1.165) is 38.2 Å². The van der Waals surface area contributed by atoms with E-state index in [1.165, 1.54) is 5.69 Å². The summed E-state index contributed by atoms with van der Waals surface area (Å²) in [5, 5.41) is 11.7. The van der Waals surface area contributed by atoms with Gasteiger partial charge in [-0.3, -0.25) is 0 Å². The van der Waals surface area contributed by atoms with Crippen molar-refractivity contribution in [1.29, 1.82) is 0 Å². The van der Waals surface area contributed by atoms with E-state index < -0.39 is 0 Å². The van der Waals surface area contributed by atoms with Crippen LogP contribution < -0.4 is 5.32 Å². The lowest BCUT2D eigenvalue weighted by atomic mass is 9.92. The molecule has 2 heterocycles. The first kappa shape index (κ1) is 10.6. The molecule has 1 aromatic heterocycles. The average molecular weight is 208 g/mol. The van der Waals surface area contributed by atoms with Crippen molar-refractivity contribution >= 4 is 0 Å². The third-order valence-corrected chi connectivity index (χ3v) is 2.82. The lowest BCUT2D eigenvalue weighted by molar-refractivity contribution is 0.335. The maximum Gasteiger partial charge on any atom is 0.0997 e. The summed E-state index contributed by atoms with van der Waals surface area (Å²) >= 11 is 0. The van der Waals surface area contributed by atoms with Crippen LogP contribution in [0.25, 0.3) is 0 Å². The topological polar surface area (TPSA) is 42.7 Å². The molecule has 0 aliphatic carbocycles. The van der Waals surface area contributed by atoms with Gasteiger partial charge in [-0.05, 0) is 11.8 Å². The molecule has 1 aromatic rings. The molecule has 0 amide bonds. The van der Waals surface area contributed by atoms with Crippen LogP contribution in [0.15, 0.2) is 0 Å². The summed E-state index contributed by atoms with van der Waals surface area (Å²) in [6.07, 6.45) is 2.21. The van der Waals surface area contributed by atoms with Crippen LogP contribution in [0.5, 0.6) is 0 Å². The highest BCUT2D eigenvalue weighted by Gasteiger charge is 2.17. The smallest absolute Gasteiger partial charge is 0.0997 e. The second-order valence-electron chi connectivity index (χ2n) is 5.44. The Labute approximate surface area is 91.1 Å². The molecule has 0 saturated carbocycles. The standard InChI is InChI=1S/C11H20N4/c1-11(2,3)5-7-15-10-4-6-12-8-9(10)13-14-15/h12H,4-8H2,1-3H3. The predicted octanol–water partition coefficient (Wildman–Crippen LogP) is 1.36. The molecule has 0 saturated heterocycles. The van der Waals surface area contributed by atoms with Gasteiger partial charge in [0.05, 0.1) is 11.4 Å². The Morgan fingerprint density at radius 2 is 2.20 bits per heavy atom. The number of rotatable bonds is 2. The lowest BCUT2D eigenvalue weighted by Gasteiger charge is -2.19. The zero-order valence-electron chi connectivity index (χ0n) is 9.88. The lowest BCUT2D eigenvalue weighted by Crippen LogP contribution is -2.25. The van der Waals surface area contributed by atoms with Gasteiger partial charge < -0.3 is 5.32 Å². The third-order valence-electron chi connectivity index (χ3n) is 2.82. The minimum atomic E-state index is 0.367. The maximum atomic E-state index is 4.23. The molecule has 0 aromatic carbocycles. The highest BCUT2D eigenvalue weighted by atomic mass is 15.4. The monoisotopic (exact) mass is 208 g/mol. The Balaban J connectivity index is 2.06. The molecule has 2 rings (SSSR count). The van der Waals surface area contributed by atoms with Gasteiger partial charge in [0.1, 0.15) is 0 Å². The van der Waals surface area contributed by atoms with Crippen molar-refractivity contribution in [2.24, 2.45) is 5.41 Å². The predicted molar refractivity (Wildman–Crippen MR) is 59.5 cm³/mol. The molecule has 1 aliphatic heterocycles. The quantitative estimate of drug-likeness (QED) is 0.798. The summed E-state index contributed by atoms with van der Waals surface area (Å²) in [7, 11) is 0. The van der Waals surface area contributed by atoms with Crippen molar-refractivity contribution in [3.8, 4) is 0 Å². The van der Waals surface area contributed by atoms with Crippen LogP contribution in [0.2, 0.25) is 0 Å². The van der Waals surface area contributed by atoms with E-state index in [4.69, 9.17) is 0 Å². The fourth-order valence-electron chi connectivity index (χ4n) is 1.81. The fourth-order valence-corrected chi connectivity index (χ4v) is 1.81. The number of hydrogen-bond donors (Lipinski definition) is 1. The molecule has 84 valence electrons. The number of fused-ring (bicyclic) bond motifs is 1. The van der Waals surface area contributed by atoms with Gasteiger partial charge in [-0.25, -0.2) is 4.68 Å². The van der Waals surface area contributed by atoms with Crippen LogP contribution in [0.4, 0.5) is 0 Å². The number of aryl methyl sites for hydroxylation is 1. The maximum absolute atomic E-state index is 4.23. The first-order chi connectivity index (χ1) is 7.06. The van der Waals surface area contributed by atoms with Crippen LogP contribution in [-0.2, 0) is 19.5 Å². The molecule has 1 aliphatic rings. The van der Waals surface area contributed by atoms with Crippen LogP contribution in [0, 0.1) is 5.41 Å². The molecular weight excluding hydrogens is 188 g/mol. The van der Waals surface area contributed by atoms with E-state index in [1.54, 1.807) is 0 Å². The minimum absolute atomic E-state index is 0.367. The van der Waals surface area contributed by atoms with Gasteiger partial charge >= 0.3 is 0 Å². The molecule has 0 radical (unpaired) electrons. The van der Waals surface area contributed by atoms with Gasteiger partial charge in [0, 0.05) is 26.1 Å². The van der Waals surface area contributed by atoms with Crippen LogP contribution >= 0.6 is 0 Å². The zero-order chi connectivity index (χ0) is 10.9. The minimum Gasteiger partial charge on any atom is -0.311 e. The molecule has 0 fully saturated rings. The molecule has 0 unspecified atom stereocenters. The van der Waals surface area contributed by atoms with Gasteiger partial charge in [-0.1, -0.05) is 26.0 Å². The average Bonchev–Trinajstić information content (AvgIpc) is 2.57. The molecule has 1 N–H and O–H groups in total. The Hall–Kier alpha value is -0.900. The summed E-state index contributed by atoms with van der Waals surface area (Å²) in [6, 6.07) is 0. The molecule has 0 bridgehead atoms. The summed E-state index contributed by atoms with van der Waals surface area (Å²) in [4.78, 5) is 0. The van der Waals surface area contributed by atoms with Gasteiger partial charge in [-0.15, -0.1) is 5.10 Å². The van der Waals surface area contributed by atoms with Gasteiger partial charge in [0.2, 0.25) is 0 Å². The molecule has 0 spiro atoms.